The van der Waals surface area contributed by atoms with Crippen molar-refractivity contribution in [1.29, 1.82) is 0 Å². The van der Waals surface area contributed by atoms with Gasteiger partial charge in [-0.1, -0.05) is 30.3 Å². The highest BCUT2D eigenvalue weighted by atomic mass is 32.2. The highest BCUT2D eigenvalue weighted by Crippen LogP contribution is 2.21. The molecule has 2 aromatic rings. The smallest absolute Gasteiger partial charge is 0.248 e. The van der Waals surface area contributed by atoms with Crippen molar-refractivity contribution in [2.75, 3.05) is 24.2 Å². The number of aromatic nitrogens is 3. The number of carbonyl (C=O) groups excluding carboxylic acids is 1. The van der Waals surface area contributed by atoms with Gasteiger partial charge >= 0.3 is 0 Å². The molecule has 0 bridgehead atoms. The van der Waals surface area contributed by atoms with E-state index in [1.807, 2.05) is 30.3 Å². The summed E-state index contributed by atoms with van der Waals surface area (Å²) in [5, 5.41) is 7.01. The largest absolute Gasteiger partial charge is 0.293 e. The number of anilines is 1. The van der Waals surface area contributed by atoms with E-state index >= 15 is 0 Å². The minimum Gasteiger partial charge on any atom is -0.293 e. The van der Waals surface area contributed by atoms with E-state index in [0.29, 0.717) is 32.5 Å². The van der Waals surface area contributed by atoms with Gasteiger partial charge in [-0.2, -0.15) is 0 Å². The second-order valence-corrected chi connectivity index (χ2v) is 8.57. The molecule has 1 amide bonds. The molecule has 1 aromatic heterocycles. The lowest BCUT2D eigenvalue weighted by molar-refractivity contribution is -0.121. The fourth-order valence-electron chi connectivity index (χ4n) is 2.99. The van der Waals surface area contributed by atoms with Crippen molar-refractivity contribution in [1.82, 2.24) is 19.1 Å². The summed E-state index contributed by atoms with van der Waals surface area (Å²) in [6, 6.07) is 9.86. The number of hydrogen-bond acceptors (Lipinski definition) is 5. The summed E-state index contributed by atoms with van der Waals surface area (Å²) >= 11 is 0. The summed E-state index contributed by atoms with van der Waals surface area (Å²) in [4.78, 5) is 16.5. The van der Waals surface area contributed by atoms with Crippen LogP contribution >= 0.6 is 0 Å². The molecule has 26 heavy (non-hydrogen) atoms. The molecule has 2 heterocycles. The van der Waals surface area contributed by atoms with Gasteiger partial charge in [0.15, 0.2) is 0 Å². The number of carbonyl (C=O) groups is 1. The minimum atomic E-state index is -3.18. The van der Waals surface area contributed by atoms with E-state index in [1.54, 1.807) is 17.9 Å². The molecule has 0 aliphatic carbocycles. The Morgan fingerprint density at radius 2 is 1.92 bits per heavy atom. The van der Waals surface area contributed by atoms with Gasteiger partial charge in [-0.25, -0.2) is 22.4 Å². The molecule has 0 unspecified atom stereocenters. The molecule has 1 aliphatic heterocycles. The molecule has 1 aromatic carbocycles. The third-order valence-electron chi connectivity index (χ3n) is 4.54. The zero-order valence-electron chi connectivity index (χ0n) is 14.7. The van der Waals surface area contributed by atoms with Crippen LogP contribution in [0.2, 0.25) is 0 Å². The van der Waals surface area contributed by atoms with E-state index in [-0.39, 0.29) is 23.5 Å². The molecular weight excluding hydrogens is 354 g/mol. The Morgan fingerprint density at radius 1 is 1.23 bits per heavy atom. The van der Waals surface area contributed by atoms with Crippen molar-refractivity contribution < 1.29 is 13.2 Å². The normalized spacial score (nSPS) is 16.5. The second kappa shape index (κ2) is 7.96. The summed E-state index contributed by atoms with van der Waals surface area (Å²) in [6.07, 6.45) is 2.60. The maximum atomic E-state index is 12.4. The van der Waals surface area contributed by atoms with Crippen LogP contribution < -0.4 is 5.32 Å². The molecule has 3 rings (SSSR count). The number of amides is 1. The van der Waals surface area contributed by atoms with E-state index in [0.717, 1.165) is 5.56 Å². The Morgan fingerprint density at radius 3 is 2.58 bits per heavy atom. The van der Waals surface area contributed by atoms with Crippen LogP contribution in [0, 0.1) is 5.92 Å². The molecule has 1 N–H and O–H groups in total. The lowest BCUT2D eigenvalue weighted by Crippen LogP contribution is -2.42. The van der Waals surface area contributed by atoms with Gasteiger partial charge in [-0.3, -0.25) is 10.1 Å². The molecule has 0 radical (unpaired) electrons. The number of hydrogen-bond donors (Lipinski definition) is 1. The molecule has 1 saturated heterocycles. The van der Waals surface area contributed by atoms with Crippen LogP contribution in [0.5, 0.6) is 0 Å². The first-order valence-electron chi connectivity index (χ1n) is 8.70. The van der Waals surface area contributed by atoms with Gasteiger partial charge in [0.25, 0.3) is 0 Å². The molecule has 0 saturated carbocycles. The van der Waals surface area contributed by atoms with Crippen LogP contribution in [0.15, 0.2) is 36.7 Å². The molecule has 1 aliphatic rings. The second-order valence-electron chi connectivity index (χ2n) is 6.31. The Hall–Kier alpha value is -2.26. The first kappa shape index (κ1) is 18.5. The molecule has 0 spiro atoms. The topological polar surface area (TPSA) is 97.2 Å². The standard InChI is InChI=1S/C17H23N5O3S/c1-2-26(24,25)22-10-8-15(9-11-22)16(23)19-17-18-13-21(20-17)12-14-6-4-3-5-7-14/h3-7,13,15H,2,8-12H2,1H3,(H,19,20,23). The third-order valence-corrected chi connectivity index (χ3v) is 6.42. The predicted octanol–water partition coefficient (Wildman–Crippen LogP) is 1.33. The first-order chi connectivity index (χ1) is 12.5. The van der Waals surface area contributed by atoms with Gasteiger partial charge in [-0.05, 0) is 25.3 Å². The van der Waals surface area contributed by atoms with Crippen LogP contribution in [-0.4, -0.2) is 52.2 Å². The highest BCUT2D eigenvalue weighted by molar-refractivity contribution is 7.89. The Labute approximate surface area is 153 Å². The quantitative estimate of drug-likeness (QED) is 0.819. The lowest BCUT2D eigenvalue weighted by Gasteiger charge is -2.29. The average Bonchev–Trinajstić information content (AvgIpc) is 3.09. The third kappa shape index (κ3) is 4.47. The SMILES string of the molecule is CCS(=O)(=O)N1CCC(C(=O)Nc2ncn(Cc3ccccc3)n2)CC1. The van der Waals surface area contributed by atoms with Crippen LogP contribution in [0.1, 0.15) is 25.3 Å². The van der Waals surface area contributed by atoms with E-state index < -0.39 is 10.0 Å². The van der Waals surface area contributed by atoms with Gasteiger partial charge < -0.3 is 0 Å². The number of sulfonamides is 1. The summed E-state index contributed by atoms with van der Waals surface area (Å²) in [5.74, 6) is -0.0166. The number of nitrogens with one attached hydrogen (secondary N) is 1. The van der Waals surface area contributed by atoms with E-state index in [2.05, 4.69) is 15.4 Å². The van der Waals surface area contributed by atoms with Crippen LogP contribution in [-0.2, 0) is 21.4 Å². The van der Waals surface area contributed by atoms with E-state index in [1.165, 1.54) is 4.31 Å². The molecule has 8 nitrogen and oxygen atoms in total. The zero-order chi connectivity index (χ0) is 18.6. The first-order valence-corrected chi connectivity index (χ1v) is 10.3. The Balaban J connectivity index is 1.53. The van der Waals surface area contributed by atoms with Crippen molar-refractivity contribution in [3.8, 4) is 0 Å². The van der Waals surface area contributed by atoms with Gasteiger partial charge in [0.2, 0.25) is 21.9 Å². The molecule has 1 fully saturated rings. The maximum Gasteiger partial charge on any atom is 0.248 e. The molecule has 9 heteroatoms. The number of rotatable bonds is 6. The number of piperidine rings is 1. The monoisotopic (exact) mass is 377 g/mol. The fraction of sp³-hybridized carbons (Fsp3) is 0.471. The zero-order valence-corrected chi connectivity index (χ0v) is 15.5. The lowest BCUT2D eigenvalue weighted by atomic mass is 9.97. The Kier molecular flexibility index (Phi) is 5.67. The summed E-state index contributed by atoms with van der Waals surface area (Å²) in [5.41, 5.74) is 1.10. The van der Waals surface area contributed by atoms with Crippen molar-refractivity contribution >= 4 is 21.9 Å². The van der Waals surface area contributed by atoms with Gasteiger partial charge in [0.1, 0.15) is 6.33 Å². The summed E-state index contributed by atoms with van der Waals surface area (Å²) < 4.78 is 26.9. The molecule has 140 valence electrons. The molecule has 0 atom stereocenters. The van der Waals surface area contributed by atoms with Crippen molar-refractivity contribution in [3.05, 3.63) is 42.2 Å². The van der Waals surface area contributed by atoms with Crippen molar-refractivity contribution in [2.24, 2.45) is 5.92 Å². The van der Waals surface area contributed by atoms with E-state index in [9.17, 15) is 13.2 Å². The maximum absolute atomic E-state index is 12.4. The van der Waals surface area contributed by atoms with Gasteiger partial charge in [0.05, 0.1) is 12.3 Å². The highest BCUT2D eigenvalue weighted by Gasteiger charge is 2.30. The number of benzene rings is 1. The summed E-state index contributed by atoms with van der Waals surface area (Å²) in [6.45, 7) is 2.97. The Bertz CT molecular complexity index is 842. The number of nitrogens with zero attached hydrogens (tertiary/aromatic N) is 4. The average molecular weight is 377 g/mol. The van der Waals surface area contributed by atoms with Crippen LogP contribution in [0.3, 0.4) is 0 Å². The van der Waals surface area contributed by atoms with Crippen molar-refractivity contribution in [3.63, 3.8) is 0 Å². The minimum absolute atomic E-state index is 0.0899. The molecular formula is C17H23N5O3S. The summed E-state index contributed by atoms with van der Waals surface area (Å²) in [7, 11) is -3.18. The van der Waals surface area contributed by atoms with Crippen LogP contribution in [0.25, 0.3) is 0 Å². The van der Waals surface area contributed by atoms with Crippen LogP contribution in [0.4, 0.5) is 5.95 Å². The van der Waals surface area contributed by atoms with Gasteiger partial charge in [0, 0.05) is 19.0 Å². The van der Waals surface area contributed by atoms with Gasteiger partial charge in [-0.15, -0.1) is 5.10 Å². The van der Waals surface area contributed by atoms with Crippen molar-refractivity contribution in [2.45, 2.75) is 26.3 Å². The predicted molar refractivity (Wildman–Crippen MR) is 98.0 cm³/mol. The fourth-order valence-corrected chi connectivity index (χ4v) is 4.12. The van der Waals surface area contributed by atoms with E-state index in [4.69, 9.17) is 0 Å².